The van der Waals surface area contributed by atoms with Crippen LogP contribution in [0.25, 0.3) is 0 Å². The van der Waals surface area contributed by atoms with E-state index in [1.807, 2.05) is 13.8 Å². The van der Waals surface area contributed by atoms with Crippen molar-refractivity contribution in [1.29, 1.82) is 0 Å². The van der Waals surface area contributed by atoms with Gasteiger partial charge in [0, 0.05) is 37.8 Å². The van der Waals surface area contributed by atoms with Gasteiger partial charge < -0.3 is 19.5 Å². The second-order valence-electron chi connectivity index (χ2n) is 9.80. The minimum atomic E-state index is -0.448. The number of halogens is 2. The monoisotopic (exact) mass is 560 g/mol. The van der Waals surface area contributed by atoms with E-state index in [9.17, 15) is 4.79 Å². The Morgan fingerprint density at radius 3 is 2.38 bits per heavy atom. The molecule has 7 nitrogen and oxygen atoms in total. The molecule has 2 fully saturated rings. The molecule has 0 unspecified atom stereocenters. The van der Waals surface area contributed by atoms with Crippen LogP contribution < -0.4 is 10.2 Å². The highest BCUT2D eigenvalue weighted by Crippen LogP contribution is 2.56. The van der Waals surface area contributed by atoms with E-state index < -0.39 is 5.41 Å². The number of carbonyl (C=O) groups excluding carboxylic acids is 1. The summed E-state index contributed by atoms with van der Waals surface area (Å²) in [6.07, 6.45) is 1.67. The Morgan fingerprint density at radius 1 is 1.19 bits per heavy atom. The highest BCUT2D eigenvalue weighted by atomic mass is 35.5. The van der Waals surface area contributed by atoms with Crippen LogP contribution in [-0.4, -0.2) is 47.6 Å². The molecule has 1 saturated carbocycles. The van der Waals surface area contributed by atoms with Crippen molar-refractivity contribution in [3.63, 3.8) is 0 Å². The molecule has 2 heterocycles. The summed E-state index contributed by atoms with van der Waals surface area (Å²) in [5.74, 6) is 2.21. The molecule has 1 aliphatic heterocycles. The van der Waals surface area contributed by atoms with Crippen molar-refractivity contribution in [2.75, 3.05) is 35.7 Å². The first-order valence-electron chi connectivity index (χ1n) is 12.5. The molecule has 0 radical (unpaired) electrons. The van der Waals surface area contributed by atoms with E-state index in [1.165, 1.54) is 4.90 Å². The lowest BCUT2D eigenvalue weighted by Crippen LogP contribution is -2.51. The number of carbonyl (C=O) groups is 1. The average molecular weight is 562 g/mol. The lowest BCUT2D eigenvalue weighted by Gasteiger charge is -2.38. The van der Waals surface area contributed by atoms with Gasteiger partial charge in [-0.3, -0.25) is 4.79 Å². The summed E-state index contributed by atoms with van der Waals surface area (Å²) in [7, 11) is 0. The van der Waals surface area contributed by atoms with Crippen LogP contribution >= 0.6 is 35.0 Å². The van der Waals surface area contributed by atoms with Crippen LogP contribution in [0.2, 0.25) is 10.0 Å². The normalized spacial score (nSPS) is 16.5. The maximum absolute atomic E-state index is 13.1. The molecule has 0 spiro atoms. The van der Waals surface area contributed by atoms with Crippen molar-refractivity contribution in [2.45, 2.75) is 55.9 Å². The van der Waals surface area contributed by atoms with E-state index in [4.69, 9.17) is 32.5 Å². The Hall–Kier alpha value is -2.26. The van der Waals surface area contributed by atoms with Crippen molar-refractivity contribution in [3.8, 4) is 0 Å². The third-order valence-electron chi connectivity index (χ3n) is 6.77. The third-order valence-corrected chi connectivity index (χ3v) is 8.26. The molecule has 5 rings (SSSR count). The van der Waals surface area contributed by atoms with Gasteiger partial charge in [-0.05, 0) is 55.0 Å². The third kappa shape index (κ3) is 5.48. The lowest BCUT2D eigenvalue weighted by molar-refractivity contribution is -0.115. The number of benzene rings is 2. The van der Waals surface area contributed by atoms with Gasteiger partial charge in [-0.2, -0.15) is 4.98 Å². The number of nitrogens with one attached hydrogen (secondary N) is 1. The summed E-state index contributed by atoms with van der Waals surface area (Å²) in [6.45, 7) is 7.53. The summed E-state index contributed by atoms with van der Waals surface area (Å²) in [5.41, 5.74) is 1.88. The summed E-state index contributed by atoms with van der Waals surface area (Å²) < 4.78 is 10.8. The van der Waals surface area contributed by atoms with Gasteiger partial charge in [0.15, 0.2) is 5.82 Å². The number of rotatable bonds is 10. The fourth-order valence-corrected chi connectivity index (χ4v) is 6.08. The molecule has 1 amide bonds. The number of ether oxygens (including phenoxy) is 1. The largest absolute Gasteiger partial charge is 0.377 e. The fraction of sp³-hybridized carbons (Fsp3) is 0.444. The van der Waals surface area contributed by atoms with Gasteiger partial charge in [-0.15, -0.1) is 11.8 Å². The van der Waals surface area contributed by atoms with Gasteiger partial charge in [0.2, 0.25) is 11.8 Å². The summed E-state index contributed by atoms with van der Waals surface area (Å²) in [6, 6.07) is 12.0. The van der Waals surface area contributed by atoms with E-state index in [0.29, 0.717) is 40.7 Å². The molecule has 1 aliphatic carbocycles. The van der Waals surface area contributed by atoms with Crippen LogP contribution in [0, 0.1) is 0 Å². The fourth-order valence-electron chi connectivity index (χ4n) is 4.57. The van der Waals surface area contributed by atoms with Crippen LogP contribution in [-0.2, 0) is 14.9 Å². The van der Waals surface area contributed by atoms with Crippen molar-refractivity contribution in [1.82, 2.24) is 10.1 Å². The Kier molecular flexibility index (Phi) is 7.73. The van der Waals surface area contributed by atoms with Crippen molar-refractivity contribution >= 4 is 52.2 Å². The van der Waals surface area contributed by atoms with E-state index in [2.05, 4.69) is 51.5 Å². The molecule has 196 valence electrons. The number of anilines is 2. The number of hydrogen-bond donors (Lipinski definition) is 1. The highest BCUT2D eigenvalue weighted by Gasteiger charge is 2.52. The first kappa shape index (κ1) is 26.4. The zero-order valence-corrected chi connectivity index (χ0v) is 23.4. The van der Waals surface area contributed by atoms with E-state index in [0.717, 1.165) is 29.8 Å². The molecule has 1 aromatic heterocycles. The molecule has 10 heteroatoms. The van der Waals surface area contributed by atoms with E-state index in [1.54, 1.807) is 23.9 Å². The number of thioether (sulfide) groups is 1. The second-order valence-corrected chi connectivity index (χ2v) is 12.0. The van der Waals surface area contributed by atoms with Crippen LogP contribution in [0.15, 0.2) is 45.8 Å². The number of nitrogens with zero attached hydrogens (tertiary/aromatic N) is 3. The first-order valence-corrected chi connectivity index (χ1v) is 14.3. The van der Waals surface area contributed by atoms with E-state index in [-0.39, 0.29) is 24.4 Å². The summed E-state index contributed by atoms with van der Waals surface area (Å²) >= 11 is 15.3. The predicted molar refractivity (Wildman–Crippen MR) is 148 cm³/mol. The molecular weight excluding hydrogens is 531 g/mol. The standard InChI is InChI=1S/C27H30Cl2N4O3S/c1-4-37-20-7-5-18(6-8-20)33(19-14-35-15-19)13-23(34)30-17-11-21(28)24(22(29)12-17)27(9-10-27)26-31-25(16(2)3)36-32-26/h5-8,11-12,16,19H,4,9-10,13-15H2,1-3H3,(H,30,34). The first-order chi connectivity index (χ1) is 17.8. The number of aromatic nitrogens is 2. The van der Waals surface area contributed by atoms with Crippen molar-refractivity contribution in [3.05, 3.63) is 63.7 Å². The SMILES string of the molecule is CCSc1ccc(N(CC(=O)Nc2cc(Cl)c(C3(c4noc(C(C)C)n4)CC3)c(Cl)c2)C2COC2)cc1. The molecule has 1 N–H and O–H groups in total. The van der Waals surface area contributed by atoms with Crippen LogP contribution in [0.4, 0.5) is 11.4 Å². The zero-order chi connectivity index (χ0) is 26.2. The van der Waals surface area contributed by atoms with Gasteiger partial charge in [-0.25, -0.2) is 0 Å². The van der Waals surface area contributed by atoms with Gasteiger partial charge in [-0.1, -0.05) is 49.1 Å². The Labute approximate surface area is 231 Å². The van der Waals surface area contributed by atoms with Gasteiger partial charge in [0.05, 0.1) is 31.2 Å². The minimum Gasteiger partial charge on any atom is -0.377 e. The average Bonchev–Trinajstić information content (AvgIpc) is 3.43. The summed E-state index contributed by atoms with van der Waals surface area (Å²) in [5, 5.41) is 8.14. The molecule has 0 bridgehead atoms. The smallest absolute Gasteiger partial charge is 0.243 e. The molecule has 3 aromatic rings. The highest BCUT2D eigenvalue weighted by molar-refractivity contribution is 7.99. The second kappa shape index (κ2) is 10.8. The molecule has 0 atom stereocenters. The molecule has 2 aliphatic rings. The van der Waals surface area contributed by atoms with Gasteiger partial charge in [0.1, 0.15) is 0 Å². The quantitative estimate of drug-likeness (QED) is 0.282. The molecular formula is C27H30Cl2N4O3S. The summed E-state index contributed by atoms with van der Waals surface area (Å²) in [4.78, 5) is 21.0. The Balaban J connectivity index is 1.32. The Morgan fingerprint density at radius 2 is 1.86 bits per heavy atom. The number of hydrogen-bond acceptors (Lipinski definition) is 7. The topological polar surface area (TPSA) is 80.5 Å². The molecule has 2 aromatic carbocycles. The minimum absolute atomic E-state index is 0.139. The van der Waals surface area contributed by atoms with Crippen molar-refractivity contribution < 1.29 is 14.1 Å². The van der Waals surface area contributed by atoms with Crippen LogP contribution in [0.3, 0.4) is 0 Å². The maximum atomic E-state index is 13.1. The predicted octanol–water partition coefficient (Wildman–Crippen LogP) is 6.54. The maximum Gasteiger partial charge on any atom is 0.243 e. The molecule has 1 saturated heterocycles. The van der Waals surface area contributed by atoms with Crippen LogP contribution in [0.1, 0.15) is 56.8 Å². The lowest BCUT2D eigenvalue weighted by atomic mass is 9.94. The van der Waals surface area contributed by atoms with Crippen molar-refractivity contribution in [2.24, 2.45) is 0 Å². The Bertz CT molecular complexity index is 1250. The van der Waals surface area contributed by atoms with E-state index >= 15 is 0 Å². The van der Waals surface area contributed by atoms with Crippen LogP contribution in [0.5, 0.6) is 0 Å². The zero-order valence-electron chi connectivity index (χ0n) is 21.1. The number of amides is 1. The molecule has 37 heavy (non-hydrogen) atoms. The van der Waals surface area contributed by atoms with Gasteiger partial charge >= 0.3 is 0 Å². The van der Waals surface area contributed by atoms with Gasteiger partial charge in [0.25, 0.3) is 0 Å².